The smallest absolute Gasteiger partial charge is 0.418 e. The van der Waals surface area contributed by atoms with Gasteiger partial charge in [0.15, 0.2) is 5.69 Å². The van der Waals surface area contributed by atoms with Crippen LogP contribution in [0.3, 0.4) is 0 Å². The van der Waals surface area contributed by atoms with Crippen LogP contribution in [0.5, 0.6) is 0 Å². The van der Waals surface area contributed by atoms with Gasteiger partial charge in [-0.15, -0.1) is 0 Å². The van der Waals surface area contributed by atoms with E-state index in [1.165, 1.54) is 30.4 Å². The molecule has 3 aliphatic rings. The van der Waals surface area contributed by atoms with Gasteiger partial charge in [-0.25, -0.2) is 5.32 Å². The third-order valence-electron chi connectivity index (χ3n) is 4.24. The van der Waals surface area contributed by atoms with Crippen molar-refractivity contribution in [3.63, 3.8) is 0 Å². The molecule has 1 aromatic carbocycles. The van der Waals surface area contributed by atoms with Gasteiger partial charge in [-0.3, -0.25) is 0 Å². The van der Waals surface area contributed by atoms with E-state index in [-0.39, 0.29) is 11.7 Å². The molecule has 0 saturated heterocycles. The molecule has 1 aromatic rings. The summed E-state index contributed by atoms with van der Waals surface area (Å²) in [6.45, 7) is 0. The average Bonchev–Trinajstić information content (AvgIpc) is 3.35. The molecule has 0 radical (unpaired) electrons. The number of nitrogens with zero attached hydrogens (tertiary/aromatic N) is 2. The normalized spacial score (nSPS) is 22.4. The van der Waals surface area contributed by atoms with Crippen LogP contribution >= 0.6 is 11.6 Å². The average molecular weight is 364 g/mol. The van der Waals surface area contributed by atoms with Crippen LogP contribution in [0.25, 0.3) is 0 Å². The summed E-state index contributed by atoms with van der Waals surface area (Å²) in [6, 6.07) is 7.13. The molecule has 0 bridgehead atoms. The molecule has 1 aliphatic heterocycles. The minimum absolute atomic E-state index is 0.110. The fourth-order valence-corrected chi connectivity index (χ4v) is 3.09. The molecule has 0 spiro atoms. The van der Waals surface area contributed by atoms with Gasteiger partial charge in [0.05, 0.1) is 0 Å². The number of carbonyl (C=O) groups excluding carboxylic acids is 1. The second-order valence-corrected chi connectivity index (χ2v) is 6.62. The van der Waals surface area contributed by atoms with Crippen molar-refractivity contribution in [2.75, 3.05) is 0 Å². The molecule has 2 saturated carbocycles. The summed E-state index contributed by atoms with van der Waals surface area (Å²) < 4.78 is 40.5. The van der Waals surface area contributed by atoms with E-state index in [4.69, 9.17) is 16.7 Å². The lowest BCUT2D eigenvalue weighted by atomic mass is 10.00. The Morgan fingerprint density at radius 1 is 1.08 bits per heavy atom. The Balaban J connectivity index is 0.000000300. The highest BCUT2D eigenvalue weighted by atomic mass is 35.5. The summed E-state index contributed by atoms with van der Waals surface area (Å²) in [5.74, 6) is 1.06. The topological polar surface area (TPSA) is 44.5 Å². The molecule has 2 aliphatic carbocycles. The van der Waals surface area contributed by atoms with Crippen LogP contribution in [-0.4, -0.2) is 23.6 Å². The van der Waals surface area contributed by atoms with Crippen LogP contribution in [0, 0.1) is 11.8 Å². The highest BCUT2D eigenvalue weighted by Crippen LogP contribution is 2.54. The first-order valence-electron chi connectivity index (χ1n) is 7.67. The van der Waals surface area contributed by atoms with Crippen LogP contribution in [0.15, 0.2) is 29.4 Å². The number of rotatable bonds is 3. The van der Waals surface area contributed by atoms with Gasteiger partial charge in [0.1, 0.15) is 0 Å². The lowest BCUT2D eigenvalue weighted by molar-refractivity contribution is -0.404. The second-order valence-electron chi connectivity index (χ2n) is 6.19. The lowest BCUT2D eigenvalue weighted by Crippen LogP contribution is -2.46. The Bertz CT molecular complexity index is 654. The van der Waals surface area contributed by atoms with Crippen molar-refractivity contribution in [3.05, 3.63) is 29.3 Å². The third-order valence-corrected chi connectivity index (χ3v) is 4.49. The summed E-state index contributed by atoms with van der Waals surface area (Å²) in [6.07, 6.45) is 4.70. The van der Waals surface area contributed by atoms with Crippen molar-refractivity contribution in [3.8, 4) is 0 Å². The monoisotopic (exact) mass is 363 g/mol. The maximum absolute atomic E-state index is 12.2. The van der Waals surface area contributed by atoms with Gasteiger partial charge in [0.25, 0.3) is 0 Å². The molecule has 2 fully saturated rings. The molecule has 1 N–H and O–H groups in total. The number of azo groups is 2. The van der Waals surface area contributed by atoms with Crippen molar-refractivity contribution >= 4 is 30.6 Å². The zero-order valence-corrected chi connectivity index (χ0v) is 13.3. The Morgan fingerprint density at radius 2 is 1.54 bits per heavy atom. The molecule has 130 valence electrons. The van der Waals surface area contributed by atoms with Crippen LogP contribution in [-0.2, 0) is 0 Å². The molecule has 1 heterocycles. The van der Waals surface area contributed by atoms with Crippen LogP contribution in [0.4, 0.5) is 27.7 Å². The summed E-state index contributed by atoms with van der Waals surface area (Å²) in [5, 5.41) is 8.56. The van der Waals surface area contributed by atoms with Crippen LogP contribution in [0.2, 0.25) is 5.02 Å². The predicted octanol–water partition coefficient (Wildman–Crippen LogP) is 4.98. The Morgan fingerprint density at radius 3 is 1.96 bits per heavy atom. The molecular weight excluding hydrogens is 348 g/mol. The van der Waals surface area contributed by atoms with E-state index >= 15 is 0 Å². The summed E-state index contributed by atoms with van der Waals surface area (Å²) in [7, 11) is -6.00. The van der Waals surface area contributed by atoms with Gasteiger partial charge in [0, 0.05) is 16.9 Å². The SMILES string of the molecule is F[B-](F)(F)F.O=C1NC(C2CC2)(C2CC2)N=[N+]1c1ccc(Cl)cc1. The summed E-state index contributed by atoms with van der Waals surface area (Å²) >= 11 is 5.88. The Labute approximate surface area is 141 Å². The molecule has 4 nitrogen and oxygen atoms in total. The van der Waals surface area contributed by atoms with Gasteiger partial charge in [-0.2, -0.15) is 4.79 Å². The highest BCUT2D eigenvalue weighted by Gasteiger charge is 2.64. The predicted molar refractivity (Wildman–Crippen MR) is 80.7 cm³/mol. The number of halogens is 5. The number of amides is 2. The molecule has 0 aromatic heterocycles. The molecular formula is C14H15BClF4N3O. The lowest BCUT2D eigenvalue weighted by Gasteiger charge is -2.17. The van der Waals surface area contributed by atoms with Crippen LogP contribution < -0.4 is 5.32 Å². The van der Waals surface area contributed by atoms with Gasteiger partial charge >= 0.3 is 13.3 Å². The number of benzene rings is 1. The minimum atomic E-state index is -6.00. The first-order valence-corrected chi connectivity index (χ1v) is 8.05. The Hall–Kier alpha value is -1.64. The fourth-order valence-electron chi connectivity index (χ4n) is 2.97. The van der Waals surface area contributed by atoms with E-state index in [0.29, 0.717) is 16.9 Å². The number of hydrogen-bond donors (Lipinski definition) is 1. The van der Waals surface area contributed by atoms with E-state index in [9.17, 15) is 22.1 Å². The first kappa shape index (κ1) is 17.2. The molecule has 24 heavy (non-hydrogen) atoms. The molecule has 2 amide bonds. The van der Waals surface area contributed by atoms with E-state index in [2.05, 4.69) is 5.32 Å². The number of hydrogen-bond acceptors (Lipinski definition) is 2. The first-order chi connectivity index (χ1) is 11.2. The summed E-state index contributed by atoms with van der Waals surface area (Å²) in [5.41, 5.74) is 0.460. The maximum Gasteiger partial charge on any atom is 0.673 e. The fraction of sp³-hybridized carbons (Fsp3) is 0.500. The van der Waals surface area contributed by atoms with Crippen molar-refractivity contribution in [1.29, 1.82) is 0 Å². The van der Waals surface area contributed by atoms with E-state index < -0.39 is 7.25 Å². The van der Waals surface area contributed by atoms with Crippen molar-refractivity contribution < 1.29 is 26.8 Å². The molecule has 4 rings (SSSR count). The third kappa shape index (κ3) is 3.88. The quantitative estimate of drug-likeness (QED) is 0.460. The van der Waals surface area contributed by atoms with Crippen molar-refractivity contribution in [2.45, 2.75) is 31.3 Å². The van der Waals surface area contributed by atoms with Gasteiger partial charge in [0.2, 0.25) is 5.66 Å². The zero-order valence-electron chi connectivity index (χ0n) is 12.6. The Kier molecular flexibility index (Phi) is 4.31. The second kappa shape index (κ2) is 6.02. The summed E-state index contributed by atoms with van der Waals surface area (Å²) in [4.78, 5) is 12.2. The van der Waals surface area contributed by atoms with Gasteiger partial charge in [-0.1, -0.05) is 21.4 Å². The number of urea groups is 1. The number of carbonyl (C=O) groups is 1. The molecule has 0 unspecified atom stereocenters. The van der Waals surface area contributed by atoms with Crippen molar-refractivity contribution in [1.82, 2.24) is 5.32 Å². The number of nitrogens with one attached hydrogen (secondary N) is 1. The largest absolute Gasteiger partial charge is 0.673 e. The molecule has 0 atom stereocenters. The van der Waals surface area contributed by atoms with Crippen LogP contribution in [0.1, 0.15) is 25.7 Å². The molecule has 10 heteroatoms. The standard InChI is InChI=1S/C14H14ClN3O.BF4/c15-11-5-7-12(8-6-11)18-13(19)16-14(17-18,9-1-2-9)10-3-4-10;2-1(3,4)5/h5-10H,1-4H2;/q;-1/p+1. The van der Waals surface area contributed by atoms with Gasteiger partial charge < -0.3 is 17.3 Å². The van der Waals surface area contributed by atoms with E-state index in [1.54, 1.807) is 12.1 Å². The highest BCUT2D eigenvalue weighted by molar-refractivity contribution is 6.50. The zero-order chi connectivity index (χ0) is 17.5. The van der Waals surface area contributed by atoms with Gasteiger partial charge in [-0.05, 0) is 49.9 Å². The van der Waals surface area contributed by atoms with E-state index in [0.717, 1.165) is 5.69 Å². The van der Waals surface area contributed by atoms with Crippen molar-refractivity contribution in [2.24, 2.45) is 17.0 Å². The van der Waals surface area contributed by atoms with E-state index in [1.807, 2.05) is 12.1 Å². The minimum Gasteiger partial charge on any atom is -0.418 e. The maximum atomic E-state index is 12.2.